The molecule has 1 fully saturated rings. The number of nitrogens with one attached hydrogen (secondary N) is 1. The van der Waals surface area contributed by atoms with Crippen LogP contribution < -0.4 is 5.32 Å². The van der Waals surface area contributed by atoms with E-state index in [1.54, 1.807) is 30.5 Å². The van der Waals surface area contributed by atoms with Crippen molar-refractivity contribution in [1.29, 1.82) is 0 Å². The van der Waals surface area contributed by atoms with Gasteiger partial charge in [0.25, 0.3) is 0 Å². The van der Waals surface area contributed by atoms with Gasteiger partial charge in [0.1, 0.15) is 5.54 Å². The van der Waals surface area contributed by atoms with Crippen LogP contribution in [0.3, 0.4) is 0 Å². The van der Waals surface area contributed by atoms with E-state index in [0.717, 1.165) is 5.75 Å². The van der Waals surface area contributed by atoms with Crippen LogP contribution in [0.4, 0.5) is 0 Å². The average molecular weight is 258 g/mol. The molecule has 1 aliphatic rings. The van der Waals surface area contributed by atoms with Crippen molar-refractivity contribution in [1.82, 2.24) is 10.2 Å². The molecule has 0 spiro atoms. The molecule has 5 heteroatoms. The largest absolute Gasteiger partial charge is 0.345 e. The highest BCUT2D eigenvalue weighted by molar-refractivity contribution is 8.00. The predicted molar refractivity (Wildman–Crippen MR) is 71.0 cm³/mol. The summed E-state index contributed by atoms with van der Waals surface area (Å²) in [5, 5.41) is 2.62. The number of nitrogens with zero attached hydrogens (tertiary/aromatic N) is 1. The zero-order valence-electron chi connectivity index (χ0n) is 11.3. The number of rotatable bonds is 3. The van der Waals surface area contributed by atoms with E-state index in [1.807, 2.05) is 0 Å². The zero-order chi connectivity index (χ0) is 13.3. The van der Waals surface area contributed by atoms with Gasteiger partial charge in [-0.15, -0.1) is 0 Å². The summed E-state index contributed by atoms with van der Waals surface area (Å²) in [7, 11) is 0. The van der Waals surface area contributed by atoms with Gasteiger partial charge in [-0.3, -0.25) is 9.59 Å². The second-order valence-electron chi connectivity index (χ2n) is 5.75. The van der Waals surface area contributed by atoms with Crippen molar-refractivity contribution in [3.05, 3.63) is 0 Å². The molecule has 2 amide bonds. The summed E-state index contributed by atoms with van der Waals surface area (Å²) in [6, 6.07) is 0. The quantitative estimate of drug-likeness (QED) is 0.829. The Morgan fingerprint density at radius 1 is 1.35 bits per heavy atom. The van der Waals surface area contributed by atoms with E-state index >= 15 is 0 Å². The highest BCUT2D eigenvalue weighted by Crippen LogP contribution is 2.25. The third-order valence-electron chi connectivity index (χ3n) is 2.78. The lowest BCUT2D eigenvalue weighted by Gasteiger charge is -2.41. The maximum atomic E-state index is 11.8. The maximum Gasteiger partial charge on any atom is 0.245 e. The molecule has 0 radical (unpaired) electrons. The standard InChI is InChI=1S/C12H22N2O2S/c1-11(2,3)17-7-6-14-9(15)8-13-10(16)12(14,4)5/h6-8H2,1-5H3,(H,13,16). The molecule has 0 aliphatic carbocycles. The topological polar surface area (TPSA) is 49.4 Å². The van der Waals surface area contributed by atoms with Gasteiger partial charge in [-0.05, 0) is 13.8 Å². The minimum absolute atomic E-state index is 0.00380. The molecule has 0 aromatic carbocycles. The minimum Gasteiger partial charge on any atom is -0.345 e. The van der Waals surface area contributed by atoms with Gasteiger partial charge in [0.15, 0.2) is 0 Å². The summed E-state index contributed by atoms with van der Waals surface area (Å²) >= 11 is 1.81. The van der Waals surface area contributed by atoms with Gasteiger partial charge in [0.05, 0.1) is 6.54 Å². The summed E-state index contributed by atoms with van der Waals surface area (Å²) < 4.78 is 0.186. The van der Waals surface area contributed by atoms with E-state index in [2.05, 4.69) is 26.1 Å². The lowest BCUT2D eigenvalue weighted by atomic mass is 9.99. The molecule has 1 aliphatic heterocycles. The Morgan fingerprint density at radius 3 is 2.47 bits per heavy atom. The molecule has 98 valence electrons. The van der Waals surface area contributed by atoms with Gasteiger partial charge in [0, 0.05) is 17.0 Å². The number of piperazine rings is 1. The first-order chi connectivity index (χ1) is 7.64. The summed E-state index contributed by atoms with van der Waals surface area (Å²) in [5.41, 5.74) is -0.728. The van der Waals surface area contributed by atoms with E-state index in [9.17, 15) is 9.59 Å². The molecule has 0 aromatic heterocycles. The molecule has 0 unspecified atom stereocenters. The van der Waals surface area contributed by atoms with Crippen LogP contribution in [-0.4, -0.2) is 45.8 Å². The molecule has 17 heavy (non-hydrogen) atoms. The maximum absolute atomic E-state index is 11.8. The Hall–Kier alpha value is -0.710. The summed E-state index contributed by atoms with van der Waals surface area (Å²) in [6.07, 6.45) is 0. The fourth-order valence-electron chi connectivity index (χ4n) is 1.75. The number of hydrogen-bond acceptors (Lipinski definition) is 3. The van der Waals surface area contributed by atoms with Crippen LogP contribution in [-0.2, 0) is 9.59 Å². The number of thioether (sulfide) groups is 1. The van der Waals surface area contributed by atoms with E-state index in [1.165, 1.54) is 0 Å². The Bertz CT molecular complexity index is 321. The molecular formula is C12H22N2O2S. The van der Waals surface area contributed by atoms with Crippen LogP contribution in [0.1, 0.15) is 34.6 Å². The molecule has 0 saturated carbocycles. The molecule has 1 heterocycles. The van der Waals surface area contributed by atoms with Crippen LogP contribution >= 0.6 is 11.8 Å². The first-order valence-electron chi connectivity index (χ1n) is 5.87. The highest BCUT2D eigenvalue weighted by Gasteiger charge is 2.41. The normalized spacial score (nSPS) is 20.4. The lowest BCUT2D eigenvalue weighted by molar-refractivity contribution is -0.150. The van der Waals surface area contributed by atoms with E-state index in [0.29, 0.717) is 6.54 Å². The monoisotopic (exact) mass is 258 g/mol. The van der Waals surface area contributed by atoms with Crippen LogP contribution in [0.5, 0.6) is 0 Å². The SMILES string of the molecule is CC(C)(C)SCCN1C(=O)CNC(=O)C1(C)C. The smallest absolute Gasteiger partial charge is 0.245 e. The average Bonchev–Trinajstić information content (AvgIpc) is 2.16. The van der Waals surface area contributed by atoms with Crippen LogP contribution in [0.25, 0.3) is 0 Å². The van der Waals surface area contributed by atoms with Crippen molar-refractivity contribution in [2.24, 2.45) is 0 Å². The Morgan fingerprint density at radius 2 is 1.94 bits per heavy atom. The van der Waals surface area contributed by atoms with Crippen molar-refractivity contribution < 1.29 is 9.59 Å². The number of carbonyl (C=O) groups excluding carboxylic acids is 2. The molecule has 1 N–H and O–H groups in total. The van der Waals surface area contributed by atoms with Crippen molar-refractivity contribution in [3.63, 3.8) is 0 Å². The Labute approximate surface area is 108 Å². The van der Waals surface area contributed by atoms with Gasteiger partial charge >= 0.3 is 0 Å². The van der Waals surface area contributed by atoms with E-state index < -0.39 is 5.54 Å². The van der Waals surface area contributed by atoms with Gasteiger partial charge < -0.3 is 10.2 Å². The number of hydrogen-bond donors (Lipinski definition) is 1. The van der Waals surface area contributed by atoms with Crippen molar-refractivity contribution in [3.8, 4) is 0 Å². The predicted octanol–water partition coefficient (Wildman–Crippen LogP) is 1.26. The van der Waals surface area contributed by atoms with Gasteiger partial charge in [-0.2, -0.15) is 11.8 Å². The lowest BCUT2D eigenvalue weighted by Crippen LogP contribution is -2.64. The third-order valence-corrected chi connectivity index (χ3v) is 4.03. The second-order valence-corrected chi connectivity index (χ2v) is 7.67. The van der Waals surface area contributed by atoms with E-state index in [-0.39, 0.29) is 23.1 Å². The van der Waals surface area contributed by atoms with Crippen molar-refractivity contribution >= 4 is 23.6 Å². The van der Waals surface area contributed by atoms with Gasteiger partial charge in [-0.25, -0.2) is 0 Å². The zero-order valence-corrected chi connectivity index (χ0v) is 12.1. The molecule has 4 nitrogen and oxygen atoms in total. The summed E-state index contributed by atoms with van der Waals surface area (Å²) in [6.45, 7) is 10.8. The third kappa shape index (κ3) is 3.63. The van der Waals surface area contributed by atoms with Crippen LogP contribution in [0.15, 0.2) is 0 Å². The highest BCUT2D eigenvalue weighted by atomic mass is 32.2. The molecule has 0 aromatic rings. The van der Waals surface area contributed by atoms with Crippen molar-refractivity contribution in [2.75, 3.05) is 18.8 Å². The fraction of sp³-hybridized carbons (Fsp3) is 0.833. The number of amides is 2. The summed E-state index contributed by atoms with van der Waals surface area (Å²) in [5.74, 6) is 0.786. The van der Waals surface area contributed by atoms with Crippen LogP contribution in [0, 0.1) is 0 Å². The minimum atomic E-state index is -0.728. The van der Waals surface area contributed by atoms with Gasteiger partial charge in [-0.1, -0.05) is 20.8 Å². The first kappa shape index (κ1) is 14.4. The molecule has 0 bridgehead atoms. The first-order valence-corrected chi connectivity index (χ1v) is 6.86. The Kier molecular flexibility index (Phi) is 4.12. The van der Waals surface area contributed by atoms with E-state index in [4.69, 9.17) is 0 Å². The second kappa shape index (κ2) is 4.88. The summed E-state index contributed by atoms with van der Waals surface area (Å²) in [4.78, 5) is 25.2. The molecule has 1 saturated heterocycles. The molecule has 0 atom stereocenters. The number of carbonyl (C=O) groups is 2. The Balaban J connectivity index is 2.61. The fourth-order valence-corrected chi connectivity index (χ4v) is 2.64. The molecular weight excluding hydrogens is 236 g/mol. The van der Waals surface area contributed by atoms with Crippen LogP contribution in [0.2, 0.25) is 0 Å². The molecule has 1 rings (SSSR count). The van der Waals surface area contributed by atoms with Crippen molar-refractivity contribution in [2.45, 2.75) is 44.9 Å². The van der Waals surface area contributed by atoms with Gasteiger partial charge in [0.2, 0.25) is 11.8 Å².